The number of fused-ring (bicyclic) bond motifs is 5. The van der Waals surface area contributed by atoms with Gasteiger partial charge in [-0.3, -0.25) is 9.59 Å². The molecule has 4 nitrogen and oxygen atoms in total. The topological polar surface area (TPSA) is 49.4 Å². The molecule has 1 aliphatic heterocycles. The van der Waals surface area contributed by atoms with E-state index in [9.17, 15) is 9.59 Å². The van der Waals surface area contributed by atoms with Gasteiger partial charge in [0.25, 0.3) is 5.91 Å². The zero-order valence-electron chi connectivity index (χ0n) is 17.6. The third kappa shape index (κ3) is 3.11. The summed E-state index contributed by atoms with van der Waals surface area (Å²) in [6, 6.07) is 0.246. The van der Waals surface area contributed by atoms with Crippen molar-refractivity contribution in [3.63, 3.8) is 0 Å². The highest BCUT2D eigenvalue weighted by molar-refractivity contribution is 6.17. The van der Waals surface area contributed by atoms with Gasteiger partial charge in [0.15, 0.2) is 0 Å². The first kappa shape index (κ1) is 20.3. The van der Waals surface area contributed by atoms with E-state index in [-0.39, 0.29) is 23.3 Å². The maximum absolute atomic E-state index is 12.9. The zero-order valence-corrected chi connectivity index (χ0v) is 18.4. The Labute approximate surface area is 174 Å². The maximum atomic E-state index is 12.9. The molecular weight excluding hydrogens is 372 g/mol. The summed E-state index contributed by atoms with van der Waals surface area (Å²) in [5.74, 6) is 2.52. The van der Waals surface area contributed by atoms with Gasteiger partial charge >= 0.3 is 0 Å². The molecule has 0 aromatic carbocycles. The molecule has 4 aliphatic rings. The number of rotatable bonds is 4. The van der Waals surface area contributed by atoms with Gasteiger partial charge in [-0.2, -0.15) is 0 Å². The highest BCUT2D eigenvalue weighted by Gasteiger charge is 2.58. The lowest BCUT2D eigenvalue weighted by Gasteiger charge is -2.60. The van der Waals surface area contributed by atoms with E-state index in [4.69, 9.17) is 11.6 Å². The van der Waals surface area contributed by atoms with Gasteiger partial charge in [0.05, 0.1) is 0 Å². The van der Waals surface area contributed by atoms with Crippen LogP contribution >= 0.6 is 11.6 Å². The molecule has 0 saturated heterocycles. The highest BCUT2D eigenvalue weighted by Crippen LogP contribution is 2.64. The molecule has 4 rings (SSSR count). The van der Waals surface area contributed by atoms with Crippen LogP contribution in [0.2, 0.25) is 0 Å². The van der Waals surface area contributed by atoms with Crippen molar-refractivity contribution in [3.8, 4) is 0 Å². The van der Waals surface area contributed by atoms with E-state index < -0.39 is 0 Å². The summed E-state index contributed by atoms with van der Waals surface area (Å²) < 4.78 is 0. The lowest BCUT2D eigenvalue weighted by atomic mass is 9.48. The van der Waals surface area contributed by atoms with Crippen LogP contribution in [0.3, 0.4) is 0 Å². The van der Waals surface area contributed by atoms with Crippen LogP contribution in [0, 0.1) is 28.6 Å². The number of carbonyl (C=O) groups excluding carboxylic acids is 2. The fourth-order valence-corrected chi connectivity index (χ4v) is 7.55. The number of hydrogen-bond acceptors (Lipinski definition) is 2. The second-order valence-electron chi connectivity index (χ2n) is 10.2. The number of halogens is 1. The van der Waals surface area contributed by atoms with Crippen LogP contribution in [0.25, 0.3) is 0 Å². The first-order chi connectivity index (χ1) is 13.3. The molecule has 3 saturated carbocycles. The van der Waals surface area contributed by atoms with Gasteiger partial charge in [-0.1, -0.05) is 20.3 Å². The van der Waals surface area contributed by atoms with Crippen LogP contribution in [0.4, 0.5) is 0 Å². The number of nitrogens with zero attached hydrogens (tertiary/aromatic N) is 1. The average Bonchev–Trinajstić information content (AvgIpc) is 3.06. The summed E-state index contributed by atoms with van der Waals surface area (Å²) in [7, 11) is 1.92. The lowest BCUT2D eigenvalue weighted by Crippen LogP contribution is -2.61. The van der Waals surface area contributed by atoms with E-state index in [0.717, 1.165) is 18.3 Å². The summed E-state index contributed by atoms with van der Waals surface area (Å²) in [6.07, 6.45) is 12.2. The third-order valence-corrected chi connectivity index (χ3v) is 9.06. The van der Waals surface area contributed by atoms with E-state index in [2.05, 4.69) is 25.2 Å². The minimum absolute atomic E-state index is 0.0401. The molecule has 3 aliphatic carbocycles. The quantitative estimate of drug-likeness (QED) is 0.700. The monoisotopic (exact) mass is 406 g/mol. The molecule has 1 heterocycles. The molecule has 28 heavy (non-hydrogen) atoms. The Hall–Kier alpha value is -1.03. The molecule has 156 valence electrons. The molecule has 1 N–H and O–H groups in total. The van der Waals surface area contributed by atoms with Crippen molar-refractivity contribution in [2.45, 2.75) is 77.7 Å². The van der Waals surface area contributed by atoms with E-state index in [1.54, 1.807) is 0 Å². The normalized spacial score (nSPS) is 42.4. The molecule has 3 fully saturated rings. The van der Waals surface area contributed by atoms with Crippen molar-refractivity contribution >= 4 is 23.4 Å². The van der Waals surface area contributed by atoms with Crippen molar-refractivity contribution in [2.75, 3.05) is 12.9 Å². The van der Waals surface area contributed by atoms with Crippen molar-refractivity contribution in [3.05, 3.63) is 11.8 Å². The number of carbonyl (C=O) groups is 2. The second-order valence-corrected chi connectivity index (χ2v) is 10.6. The van der Waals surface area contributed by atoms with Crippen molar-refractivity contribution in [2.24, 2.45) is 28.6 Å². The zero-order chi connectivity index (χ0) is 20.1. The molecule has 0 aromatic rings. The van der Waals surface area contributed by atoms with Gasteiger partial charge < -0.3 is 10.2 Å². The predicted molar refractivity (Wildman–Crippen MR) is 112 cm³/mol. The van der Waals surface area contributed by atoms with Crippen LogP contribution in [0.1, 0.15) is 71.6 Å². The smallest absolute Gasteiger partial charge is 0.270 e. The van der Waals surface area contributed by atoms with Crippen molar-refractivity contribution < 1.29 is 9.59 Å². The first-order valence-corrected chi connectivity index (χ1v) is 11.7. The van der Waals surface area contributed by atoms with Crippen LogP contribution in [-0.2, 0) is 9.59 Å². The Kier molecular flexibility index (Phi) is 5.31. The Bertz CT molecular complexity index is 692. The highest BCUT2D eigenvalue weighted by atomic mass is 35.5. The van der Waals surface area contributed by atoms with Crippen molar-refractivity contribution in [1.82, 2.24) is 10.2 Å². The first-order valence-electron chi connectivity index (χ1n) is 11.2. The largest absolute Gasteiger partial charge is 0.337 e. The van der Waals surface area contributed by atoms with E-state index in [0.29, 0.717) is 35.8 Å². The van der Waals surface area contributed by atoms with Gasteiger partial charge in [-0.05, 0) is 74.2 Å². The fraction of sp³-hybridized carbons (Fsp3) is 0.826. The molecule has 6 atom stereocenters. The van der Waals surface area contributed by atoms with Crippen LogP contribution in [-0.4, -0.2) is 35.7 Å². The minimum atomic E-state index is -0.102. The molecule has 2 amide bonds. The molecular formula is C23H35ClN2O2. The minimum Gasteiger partial charge on any atom is -0.337 e. The average molecular weight is 407 g/mol. The van der Waals surface area contributed by atoms with Gasteiger partial charge in [-0.25, -0.2) is 0 Å². The summed E-state index contributed by atoms with van der Waals surface area (Å²) in [4.78, 5) is 27.1. The van der Waals surface area contributed by atoms with Gasteiger partial charge in [0, 0.05) is 30.8 Å². The standard InChI is InChI=1S/C23H35ClN2O2/c1-22-11-4-6-16(22)15-8-9-19-23(2,17(15)10-12-22)14-18(21(28)26(19)3)25-20(27)7-5-13-24/h14-17,19H,4-13H2,1-3H3,(H,25,27)/t15-,16-,17-,19+,22-,23+/m0/s1. The number of nitrogens with one attached hydrogen (secondary N) is 1. The Morgan fingerprint density at radius 2 is 2.00 bits per heavy atom. The van der Waals surface area contributed by atoms with Gasteiger partial charge in [-0.15, -0.1) is 11.6 Å². The number of hydrogen-bond donors (Lipinski definition) is 1. The summed E-state index contributed by atoms with van der Waals surface area (Å²) in [5.41, 5.74) is 0.967. The van der Waals surface area contributed by atoms with E-state index in [1.807, 2.05) is 11.9 Å². The summed E-state index contributed by atoms with van der Waals surface area (Å²) in [5, 5.41) is 2.91. The lowest BCUT2D eigenvalue weighted by molar-refractivity contribution is -0.141. The fourth-order valence-electron chi connectivity index (χ4n) is 7.41. The molecule has 0 bridgehead atoms. The van der Waals surface area contributed by atoms with Gasteiger partial charge in [0.2, 0.25) is 5.91 Å². The van der Waals surface area contributed by atoms with E-state index >= 15 is 0 Å². The second kappa shape index (κ2) is 7.34. The third-order valence-electron chi connectivity index (χ3n) is 8.79. The molecule has 0 unspecified atom stereocenters. The maximum Gasteiger partial charge on any atom is 0.270 e. The molecule has 0 aromatic heterocycles. The molecule has 0 spiro atoms. The SMILES string of the molecule is CN1C(=O)C(NC(=O)CCCCl)=C[C@]2(C)[C@H]3CC[C@]4(C)CCC[C@H]4[C@@H]3CC[C@@H]12. The predicted octanol–water partition coefficient (Wildman–Crippen LogP) is 4.48. The van der Waals surface area contributed by atoms with E-state index in [1.165, 1.54) is 38.5 Å². The number of alkyl halides is 1. The summed E-state index contributed by atoms with van der Waals surface area (Å²) >= 11 is 5.72. The Morgan fingerprint density at radius 1 is 1.21 bits per heavy atom. The van der Waals surface area contributed by atoms with Crippen molar-refractivity contribution in [1.29, 1.82) is 0 Å². The van der Waals surface area contributed by atoms with Crippen LogP contribution < -0.4 is 5.32 Å². The number of amides is 2. The number of likely N-dealkylation sites (N-methyl/N-ethyl adjacent to an activating group) is 1. The Balaban J connectivity index is 1.63. The summed E-state index contributed by atoms with van der Waals surface area (Å²) in [6.45, 7) is 4.87. The van der Waals surface area contributed by atoms with Crippen LogP contribution in [0.5, 0.6) is 0 Å². The molecule has 5 heteroatoms. The molecule has 0 radical (unpaired) electrons. The van der Waals surface area contributed by atoms with Crippen LogP contribution in [0.15, 0.2) is 11.8 Å². The van der Waals surface area contributed by atoms with Gasteiger partial charge in [0.1, 0.15) is 5.70 Å². The Morgan fingerprint density at radius 3 is 2.75 bits per heavy atom.